The molecule has 2 fully saturated rings. The Balaban J connectivity index is 1.29. The second-order valence-corrected chi connectivity index (χ2v) is 10.2. The molecule has 10 heteroatoms. The highest BCUT2D eigenvalue weighted by atomic mass is 16.7. The van der Waals surface area contributed by atoms with E-state index in [9.17, 15) is 19.5 Å². The molecule has 0 aromatic heterocycles. The number of aromatic hydroxyl groups is 1. The number of nitrogens with zero attached hydrogens (tertiary/aromatic N) is 1. The van der Waals surface area contributed by atoms with Gasteiger partial charge in [0, 0.05) is 25.1 Å². The van der Waals surface area contributed by atoms with Gasteiger partial charge in [0.25, 0.3) is 0 Å². The lowest BCUT2D eigenvalue weighted by atomic mass is 9.91. The minimum absolute atomic E-state index is 0.0168. The SMILES string of the molecule is O=C(OC1CC(C(=O)N2CCCC2C(=O)NCCO)=CC2OCOC21)c1ccccc1C=CCc1ccccc1O. The maximum Gasteiger partial charge on any atom is 0.339 e. The molecule has 4 unspecified atom stereocenters. The summed E-state index contributed by atoms with van der Waals surface area (Å²) in [6, 6.07) is 13.5. The van der Waals surface area contributed by atoms with Crippen LogP contribution in [-0.2, 0) is 30.2 Å². The Bertz CT molecular complexity index is 1340. The molecule has 216 valence electrons. The topological polar surface area (TPSA) is 135 Å². The van der Waals surface area contributed by atoms with Gasteiger partial charge in [-0.25, -0.2) is 4.79 Å². The van der Waals surface area contributed by atoms with E-state index in [2.05, 4.69) is 5.32 Å². The second-order valence-electron chi connectivity index (χ2n) is 10.2. The molecule has 2 aliphatic heterocycles. The maximum absolute atomic E-state index is 13.6. The number of hydrogen-bond donors (Lipinski definition) is 3. The number of amides is 2. The molecule has 4 atom stereocenters. The summed E-state index contributed by atoms with van der Waals surface area (Å²) < 4.78 is 17.3. The highest BCUT2D eigenvalue weighted by Gasteiger charge is 2.44. The number of rotatable bonds is 9. The van der Waals surface area contributed by atoms with Gasteiger partial charge in [-0.15, -0.1) is 0 Å². The smallest absolute Gasteiger partial charge is 0.339 e. The molecule has 3 N–H and O–H groups in total. The first-order chi connectivity index (χ1) is 20.0. The fourth-order valence-corrected chi connectivity index (χ4v) is 5.50. The quantitative estimate of drug-likeness (QED) is 0.397. The zero-order valence-electron chi connectivity index (χ0n) is 22.6. The van der Waals surface area contributed by atoms with E-state index in [0.29, 0.717) is 42.5 Å². The number of hydrogen-bond acceptors (Lipinski definition) is 8. The first-order valence-corrected chi connectivity index (χ1v) is 13.8. The minimum atomic E-state index is -0.762. The third-order valence-electron chi connectivity index (χ3n) is 7.57. The lowest BCUT2D eigenvalue weighted by Gasteiger charge is -2.32. The van der Waals surface area contributed by atoms with Crippen molar-refractivity contribution < 1.29 is 38.8 Å². The van der Waals surface area contributed by atoms with Gasteiger partial charge in [0.15, 0.2) is 0 Å². The van der Waals surface area contributed by atoms with Crippen molar-refractivity contribution in [3.05, 3.63) is 82.9 Å². The van der Waals surface area contributed by atoms with Crippen molar-refractivity contribution in [2.45, 2.75) is 50.0 Å². The lowest BCUT2D eigenvalue weighted by Crippen LogP contribution is -2.49. The predicted molar refractivity (Wildman–Crippen MR) is 149 cm³/mol. The summed E-state index contributed by atoms with van der Waals surface area (Å²) in [5.74, 6) is -0.938. The standard InChI is InChI=1S/C31H34N2O8/c34-16-14-32-29(36)24-12-6-15-33(24)30(37)22-17-26-28(40-19-39-26)27(18-22)41-31(38)23-11-3-1-7-20(23)9-5-10-21-8-2-4-13-25(21)35/h1-5,7-9,11,13,17,24,26-28,34-35H,6,10,12,14-16,18-19H2,(H,32,36). The maximum atomic E-state index is 13.6. The number of aliphatic hydroxyl groups is 1. The number of likely N-dealkylation sites (tertiary alicyclic amines) is 1. The highest BCUT2D eigenvalue weighted by molar-refractivity contribution is 5.98. The molecule has 41 heavy (non-hydrogen) atoms. The van der Waals surface area contributed by atoms with Crippen LogP contribution in [0.5, 0.6) is 5.75 Å². The summed E-state index contributed by atoms with van der Waals surface area (Å²) >= 11 is 0. The predicted octanol–water partition coefficient (Wildman–Crippen LogP) is 2.34. The summed E-state index contributed by atoms with van der Waals surface area (Å²) in [5, 5.41) is 21.7. The van der Waals surface area contributed by atoms with Crippen LogP contribution in [0, 0.1) is 0 Å². The van der Waals surface area contributed by atoms with Gasteiger partial charge in [0.05, 0.1) is 12.2 Å². The number of nitrogens with one attached hydrogen (secondary N) is 1. The van der Waals surface area contributed by atoms with E-state index in [1.54, 1.807) is 36.4 Å². The number of benzene rings is 2. The van der Waals surface area contributed by atoms with Gasteiger partial charge in [-0.1, -0.05) is 48.6 Å². The second kappa shape index (κ2) is 13.1. The lowest BCUT2D eigenvalue weighted by molar-refractivity contribution is -0.136. The number of phenols is 1. The zero-order chi connectivity index (χ0) is 28.8. The van der Waals surface area contributed by atoms with E-state index in [4.69, 9.17) is 19.3 Å². The minimum Gasteiger partial charge on any atom is -0.508 e. The number of phenolic OH excluding ortho intramolecular Hbond substituents is 1. The molecule has 0 saturated carbocycles. The molecule has 2 heterocycles. The van der Waals surface area contributed by atoms with Crippen LogP contribution in [-0.4, -0.2) is 83.7 Å². The highest BCUT2D eigenvalue weighted by Crippen LogP contribution is 2.33. The molecule has 2 amide bonds. The van der Waals surface area contributed by atoms with Crippen LogP contribution in [0.3, 0.4) is 0 Å². The number of esters is 1. The number of fused-ring (bicyclic) bond motifs is 1. The summed E-state index contributed by atoms with van der Waals surface area (Å²) in [4.78, 5) is 41.1. The van der Waals surface area contributed by atoms with Crippen molar-refractivity contribution in [2.75, 3.05) is 26.5 Å². The molecule has 5 rings (SSSR count). The number of allylic oxidation sites excluding steroid dienone is 1. The van der Waals surface area contributed by atoms with Gasteiger partial charge in [0.1, 0.15) is 36.9 Å². The number of carbonyl (C=O) groups is 3. The summed E-state index contributed by atoms with van der Waals surface area (Å²) in [6.07, 6.45) is 5.35. The van der Waals surface area contributed by atoms with Crippen molar-refractivity contribution in [3.8, 4) is 5.75 Å². The third-order valence-corrected chi connectivity index (χ3v) is 7.57. The first-order valence-electron chi connectivity index (χ1n) is 13.8. The van der Waals surface area contributed by atoms with E-state index < -0.39 is 30.3 Å². The Hall–Kier alpha value is -3.99. The molecule has 1 aliphatic carbocycles. The van der Waals surface area contributed by atoms with Crippen molar-refractivity contribution in [2.24, 2.45) is 0 Å². The van der Waals surface area contributed by atoms with E-state index in [-0.39, 0.29) is 43.9 Å². The zero-order valence-corrected chi connectivity index (χ0v) is 22.6. The van der Waals surface area contributed by atoms with Crippen LogP contribution in [0.25, 0.3) is 6.08 Å². The Labute approximate surface area is 238 Å². The Kier molecular flexibility index (Phi) is 9.13. The molecule has 3 aliphatic rings. The van der Waals surface area contributed by atoms with Gasteiger partial charge in [0.2, 0.25) is 11.8 Å². The van der Waals surface area contributed by atoms with Crippen LogP contribution in [0.2, 0.25) is 0 Å². The molecular formula is C31H34N2O8. The van der Waals surface area contributed by atoms with Crippen LogP contribution in [0.4, 0.5) is 0 Å². The van der Waals surface area contributed by atoms with E-state index >= 15 is 0 Å². The van der Waals surface area contributed by atoms with Crippen LogP contribution >= 0.6 is 0 Å². The van der Waals surface area contributed by atoms with Crippen molar-refractivity contribution in [3.63, 3.8) is 0 Å². The molecular weight excluding hydrogens is 528 g/mol. The fraction of sp³-hybridized carbons (Fsp3) is 0.387. The van der Waals surface area contributed by atoms with E-state index in [0.717, 1.165) is 5.56 Å². The summed E-state index contributed by atoms with van der Waals surface area (Å²) in [5.41, 5.74) is 2.20. The largest absolute Gasteiger partial charge is 0.508 e. The first kappa shape index (κ1) is 28.5. The molecule has 0 spiro atoms. The fourth-order valence-electron chi connectivity index (χ4n) is 5.50. The Morgan fingerprint density at radius 1 is 1.10 bits per heavy atom. The van der Waals surface area contributed by atoms with E-state index in [1.165, 1.54) is 4.90 Å². The molecule has 10 nitrogen and oxygen atoms in total. The Morgan fingerprint density at radius 3 is 2.73 bits per heavy atom. The van der Waals surface area contributed by atoms with Gasteiger partial charge in [-0.3, -0.25) is 9.59 Å². The average molecular weight is 563 g/mol. The van der Waals surface area contributed by atoms with Crippen LogP contribution in [0.15, 0.2) is 66.3 Å². The molecule has 0 bridgehead atoms. The average Bonchev–Trinajstić information content (AvgIpc) is 3.67. The van der Waals surface area contributed by atoms with Gasteiger partial charge < -0.3 is 34.6 Å². The van der Waals surface area contributed by atoms with Gasteiger partial charge in [-0.2, -0.15) is 0 Å². The van der Waals surface area contributed by atoms with Crippen molar-refractivity contribution >= 4 is 23.9 Å². The number of para-hydroxylation sites is 1. The Morgan fingerprint density at radius 2 is 1.90 bits per heavy atom. The summed E-state index contributed by atoms with van der Waals surface area (Å²) in [6.45, 7) is 0.394. The molecule has 2 aromatic rings. The van der Waals surface area contributed by atoms with Crippen LogP contribution < -0.4 is 5.32 Å². The number of ether oxygens (including phenoxy) is 3. The normalized spacial score (nSPS) is 23.7. The molecule has 2 aromatic carbocycles. The number of carbonyl (C=O) groups excluding carboxylic acids is 3. The van der Waals surface area contributed by atoms with Gasteiger partial charge in [-0.05, 0) is 48.6 Å². The van der Waals surface area contributed by atoms with Gasteiger partial charge >= 0.3 is 5.97 Å². The summed E-state index contributed by atoms with van der Waals surface area (Å²) in [7, 11) is 0. The molecule has 0 radical (unpaired) electrons. The van der Waals surface area contributed by atoms with Crippen molar-refractivity contribution in [1.29, 1.82) is 0 Å². The van der Waals surface area contributed by atoms with E-state index in [1.807, 2.05) is 30.4 Å². The van der Waals surface area contributed by atoms with Crippen molar-refractivity contribution in [1.82, 2.24) is 10.2 Å². The monoisotopic (exact) mass is 562 g/mol. The molecule has 2 saturated heterocycles. The third kappa shape index (κ3) is 6.51. The van der Waals surface area contributed by atoms with Crippen LogP contribution in [0.1, 0.15) is 40.7 Å². The number of aliphatic hydroxyl groups excluding tert-OH is 1.